The number of hydrogen-bond acceptors (Lipinski definition) is 8. The van der Waals surface area contributed by atoms with E-state index in [2.05, 4.69) is 22.5 Å². The van der Waals surface area contributed by atoms with Crippen LogP contribution < -0.4 is 15.4 Å². The minimum atomic E-state index is -4.46. The zero-order chi connectivity index (χ0) is 31.2. The van der Waals surface area contributed by atoms with E-state index in [1.807, 2.05) is 0 Å². The van der Waals surface area contributed by atoms with E-state index >= 15 is 0 Å². The number of nitrogens with one attached hydrogen (secondary N) is 2. The lowest BCUT2D eigenvalue weighted by molar-refractivity contribution is -0.140. The number of benzene rings is 2. The first-order valence-electron chi connectivity index (χ1n) is 13.6. The molecule has 0 bridgehead atoms. The maximum atomic E-state index is 13.6. The number of hydrogen-bond donors (Lipinski definition) is 2. The number of rotatable bonds is 11. The van der Waals surface area contributed by atoms with E-state index in [1.54, 1.807) is 60.9 Å². The third kappa shape index (κ3) is 8.73. The van der Waals surface area contributed by atoms with Gasteiger partial charge in [-0.05, 0) is 49.1 Å². The summed E-state index contributed by atoms with van der Waals surface area (Å²) in [6, 6.07) is 11.7. The van der Waals surface area contributed by atoms with Gasteiger partial charge in [0.15, 0.2) is 4.90 Å². The first-order valence-corrected chi connectivity index (χ1v) is 16.5. The summed E-state index contributed by atoms with van der Waals surface area (Å²) in [4.78, 5) is 0.544. The van der Waals surface area contributed by atoms with Crippen LogP contribution in [0.1, 0.15) is 18.5 Å². The lowest BCUT2D eigenvalue weighted by Gasteiger charge is -2.24. The Labute approximate surface area is 252 Å². The van der Waals surface area contributed by atoms with Gasteiger partial charge in [0.2, 0.25) is 0 Å². The Morgan fingerprint density at radius 1 is 1.14 bits per heavy atom. The molecule has 43 heavy (non-hydrogen) atoms. The Bertz CT molecular complexity index is 1570. The van der Waals surface area contributed by atoms with Crippen LogP contribution in [0.3, 0.4) is 0 Å². The SMILES string of the molecule is COCCN(C)[S+]([O-])c1ccc(NCC#Cc2cc3c(NC4CCS(=O)(=O)CC4)cccc3n2CC(F)(F)F)c(OC)c1. The molecule has 1 aliphatic heterocycles. The first-order chi connectivity index (χ1) is 20.4. The molecule has 0 spiro atoms. The van der Waals surface area contributed by atoms with Crippen LogP contribution in [0.25, 0.3) is 10.9 Å². The summed E-state index contributed by atoms with van der Waals surface area (Å²) < 4.78 is 90.4. The molecule has 9 nitrogen and oxygen atoms in total. The number of aromatic nitrogens is 1. The standard InChI is InChI=1S/C29H35F3N4O5S2/c1-35(14-15-40-2)42(37)23-9-10-26(28(19-23)41-3)33-13-5-6-22-18-24-25(34-21-11-16-43(38,39)17-12-21)7-4-8-27(24)36(22)20-29(30,31)32/h4,7-10,18-19,21,33-34H,11-17,20H2,1-3H3. The largest absolute Gasteiger partial charge is 0.593 e. The highest BCUT2D eigenvalue weighted by Gasteiger charge is 2.30. The maximum Gasteiger partial charge on any atom is 0.406 e. The van der Waals surface area contributed by atoms with Crippen molar-refractivity contribution in [1.29, 1.82) is 0 Å². The molecule has 0 saturated carbocycles. The minimum Gasteiger partial charge on any atom is -0.593 e. The molecular formula is C29H35F3N4O5S2. The summed E-state index contributed by atoms with van der Waals surface area (Å²) in [5, 5.41) is 7.03. The second-order valence-corrected chi connectivity index (χ2v) is 14.0. The molecule has 4 rings (SSSR count). The Kier molecular flexibility index (Phi) is 10.8. The van der Waals surface area contributed by atoms with Crippen molar-refractivity contribution in [2.45, 2.75) is 36.5 Å². The van der Waals surface area contributed by atoms with Gasteiger partial charge in [-0.1, -0.05) is 12.0 Å². The number of sulfone groups is 1. The summed E-state index contributed by atoms with van der Waals surface area (Å²) in [5.74, 6) is 6.39. The first kappa shape index (κ1) is 32.8. The fraction of sp³-hybridized carbons (Fsp3) is 0.448. The summed E-state index contributed by atoms with van der Waals surface area (Å²) in [6.45, 7) is -0.176. The number of nitrogens with zero attached hydrogens (tertiary/aromatic N) is 2. The lowest BCUT2D eigenvalue weighted by Crippen LogP contribution is -2.32. The molecule has 0 aliphatic carbocycles. The molecule has 234 valence electrons. The predicted molar refractivity (Wildman–Crippen MR) is 163 cm³/mol. The molecule has 0 amide bonds. The van der Waals surface area contributed by atoms with Gasteiger partial charge in [0, 0.05) is 37.3 Å². The molecule has 2 N–H and O–H groups in total. The maximum absolute atomic E-state index is 13.6. The second-order valence-electron chi connectivity index (χ2n) is 10.2. The Morgan fingerprint density at radius 3 is 2.56 bits per heavy atom. The number of fused-ring (bicyclic) bond motifs is 1. The van der Waals surface area contributed by atoms with E-state index in [4.69, 9.17) is 9.47 Å². The van der Waals surface area contributed by atoms with Gasteiger partial charge in [0.1, 0.15) is 22.1 Å². The van der Waals surface area contributed by atoms with Crippen molar-refractivity contribution in [2.24, 2.45) is 0 Å². The van der Waals surface area contributed by atoms with Crippen LogP contribution in [0.2, 0.25) is 0 Å². The zero-order valence-corrected chi connectivity index (χ0v) is 25.8. The topological polar surface area (TPSA) is 108 Å². The average molecular weight is 641 g/mol. The average Bonchev–Trinajstić information content (AvgIpc) is 3.31. The van der Waals surface area contributed by atoms with E-state index in [0.717, 1.165) is 4.57 Å². The fourth-order valence-electron chi connectivity index (χ4n) is 4.80. The molecule has 1 aromatic heterocycles. The highest BCUT2D eigenvalue weighted by Crippen LogP contribution is 2.32. The van der Waals surface area contributed by atoms with Crippen LogP contribution in [0.15, 0.2) is 47.4 Å². The molecule has 3 aromatic rings. The summed E-state index contributed by atoms with van der Waals surface area (Å²) in [5.41, 5.74) is 1.81. The second kappa shape index (κ2) is 14.1. The van der Waals surface area contributed by atoms with E-state index in [1.165, 1.54) is 7.11 Å². The van der Waals surface area contributed by atoms with E-state index in [9.17, 15) is 26.1 Å². The highest BCUT2D eigenvalue weighted by molar-refractivity contribution is 7.91. The monoisotopic (exact) mass is 640 g/mol. The van der Waals surface area contributed by atoms with E-state index in [-0.39, 0.29) is 29.8 Å². The third-order valence-electron chi connectivity index (χ3n) is 7.05. The number of alkyl halides is 3. The van der Waals surface area contributed by atoms with Crippen LogP contribution in [-0.4, -0.2) is 86.5 Å². The number of likely N-dealkylation sites (N-methyl/N-ethyl adjacent to an activating group) is 1. The van der Waals surface area contributed by atoms with Gasteiger partial charge in [0.25, 0.3) is 0 Å². The third-order valence-corrected chi connectivity index (χ3v) is 10.2. The van der Waals surface area contributed by atoms with Gasteiger partial charge in [-0.25, -0.2) is 8.42 Å². The molecule has 1 saturated heterocycles. The molecular weight excluding hydrogens is 605 g/mol. The van der Waals surface area contributed by atoms with E-state index < -0.39 is 33.9 Å². The van der Waals surface area contributed by atoms with Gasteiger partial charge in [0.05, 0.1) is 66.6 Å². The minimum absolute atomic E-state index is 0.0796. The number of ether oxygens (including phenoxy) is 2. The molecule has 2 heterocycles. The van der Waals surface area contributed by atoms with Crippen LogP contribution in [-0.2, 0) is 32.5 Å². The number of methoxy groups -OCH3 is 2. The van der Waals surface area contributed by atoms with Crippen LogP contribution >= 0.6 is 0 Å². The van der Waals surface area contributed by atoms with Crippen LogP contribution in [0.5, 0.6) is 5.75 Å². The van der Waals surface area contributed by atoms with Gasteiger partial charge in [-0.3, -0.25) is 0 Å². The smallest absolute Gasteiger partial charge is 0.406 e. The van der Waals surface area contributed by atoms with Gasteiger partial charge >= 0.3 is 6.18 Å². The summed E-state index contributed by atoms with van der Waals surface area (Å²) in [7, 11) is 1.74. The Morgan fingerprint density at radius 2 is 1.88 bits per heavy atom. The summed E-state index contributed by atoms with van der Waals surface area (Å²) in [6.07, 6.45) is -3.59. The van der Waals surface area contributed by atoms with Crippen molar-refractivity contribution < 1.29 is 35.6 Å². The fourth-order valence-corrected chi connectivity index (χ4v) is 7.28. The number of anilines is 2. The molecule has 1 aliphatic rings. The molecule has 1 atom stereocenters. The van der Waals surface area contributed by atoms with Crippen LogP contribution in [0.4, 0.5) is 24.5 Å². The van der Waals surface area contributed by atoms with Gasteiger partial charge < -0.3 is 29.2 Å². The molecule has 2 aromatic carbocycles. The summed E-state index contributed by atoms with van der Waals surface area (Å²) >= 11 is -1.42. The van der Waals surface area contributed by atoms with Crippen LogP contribution in [0, 0.1) is 11.8 Å². The Balaban J connectivity index is 1.53. The molecule has 1 unspecified atom stereocenters. The normalized spacial score (nSPS) is 16.1. The van der Waals surface area contributed by atoms with Gasteiger partial charge in [-0.15, -0.1) is 4.31 Å². The predicted octanol–water partition coefficient (Wildman–Crippen LogP) is 4.27. The quantitative estimate of drug-likeness (QED) is 0.237. The van der Waals surface area contributed by atoms with Crippen molar-refractivity contribution in [3.05, 3.63) is 48.2 Å². The van der Waals surface area contributed by atoms with Gasteiger partial charge in [-0.2, -0.15) is 13.2 Å². The van der Waals surface area contributed by atoms with Crippen molar-refractivity contribution in [1.82, 2.24) is 8.87 Å². The van der Waals surface area contributed by atoms with E-state index in [0.29, 0.717) is 58.9 Å². The molecule has 1 fully saturated rings. The molecule has 14 heteroatoms. The van der Waals surface area contributed by atoms with Crippen molar-refractivity contribution >= 4 is 43.5 Å². The van der Waals surface area contributed by atoms with Crippen molar-refractivity contribution in [3.63, 3.8) is 0 Å². The highest BCUT2D eigenvalue weighted by atomic mass is 32.2. The number of halogens is 3. The molecule has 0 radical (unpaired) electrons. The zero-order valence-electron chi connectivity index (χ0n) is 24.2. The Hall–Kier alpha value is -3.09. The van der Waals surface area contributed by atoms with Crippen molar-refractivity contribution in [2.75, 3.05) is 63.1 Å². The van der Waals surface area contributed by atoms with Crippen molar-refractivity contribution in [3.8, 4) is 17.6 Å². The lowest BCUT2D eigenvalue weighted by atomic mass is 10.1.